The van der Waals surface area contributed by atoms with E-state index in [1.54, 1.807) is 0 Å². The topological polar surface area (TPSA) is 3.88 Å². The third-order valence-corrected chi connectivity index (χ3v) is 4.80. The Morgan fingerprint density at radius 2 is 1.68 bits per heavy atom. The highest BCUT2D eigenvalue weighted by Crippen LogP contribution is 2.21. The molecule has 0 amide bonds. The summed E-state index contributed by atoms with van der Waals surface area (Å²) in [4.78, 5) is 0. The number of rotatable bonds is 4. The van der Waals surface area contributed by atoms with E-state index in [-0.39, 0.29) is 0 Å². The monoisotopic (exact) mass is 306 g/mol. The van der Waals surface area contributed by atoms with Gasteiger partial charge in [0.2, 0.25) is 5.52 Å². The first-order chi connectivity index (χ1) is 10.8. The molecule has 2 heteroatoms. The van der Waals surface area contributed by atoms with E-state index < -0.39 is 0 Å². The van der Waals surface area contributed by atoms with E-state index in [4.69, 9.17) is 0 Å². The number of aromatic nitrogens is 1. The summed E-state index contributed by atoms with van der Waals surface area (Å²) in [6, 6.07) is 17.1. The minimum atomic E-state index is 0.991. The Balaban J connectivity index is 1.82. The van der Waals surface area contributed by atoms with E-state index in [1.807, 2.05) is 11.3 Å². The van der Waals surface area contributed by atoms with Crippen LogP contribution in [0.15, 0.2) is 60.7 Å². The Bertz CT molecular complexity index is 823. The van der Waals surface area contributed by atoms with E-state index in [0.717, 1.165) is 6.54 Å². The minimum absolute atomic E-state index is 0.991. The van der Waals surface area contributed by atoms with Gasteiger partial charge in [-0.25, -0.2) is 0 Å². The molecular formula is C20H20NS+. The molecule has 0 saturated carbocycles. The standard InChI is InChI=1S/C20H20NS/c1-3-21-18-9-5-6-10-19(18)22-20(21)11-7-4-8-17-14-12-16(2)13-15-17/h4-15H,3H2,1-2H3/q+1/b8-4+,11-7+. The summed E-state index contributed by atoms with van der Waals surface area (Å²) in [5.41, 5.74) is 3.84. The molecule has 1 heterocycles. The zero-order chi connectivity index (χ0) is 15.4. The summed E-state index contributed by atoms with van der Waals surface area (Å²) in [5.74, 6) is 0. The molecule has 0 N–H and O–H groups in total. The van der Waals surface area contributed by atoms with Crippen molar-refractivity contribution in [2.24, 2.45) is 0 Å². The molecule has 0 aliphatic rings. The van der Waals surface area contributed by atoms with Gasteiger partial charge in [0.25, 0.3) is 5.01 Å². The van der Waals surface area contributed by atoms with Crippen molar-refractivity contribution in [2.45, 2.75) is 20.4 Å². The van der Waals surface area contributed by atoms with Crippen LogP contribution in [0.4, 0.5) is 0 Å². The number of nitrogens with zero attached hydrogens (tertiary/aromatic N) is 1. The first-order valence-electron chi connectivity index (χ1n) is 7.60. The molecule has 3 rings (SSSR count). The maximum Gasteiger partial charge on any atom is 0.262 e. The Morgan fingerprint density at radius 1 is 0.955 bits per heavy atom. The summed E-state index contributed by atoms with van der Waals surface area (Å²) >= 11 is 1.84. The highest BCUT2D eigenvalue weighted by atomic mass is 32.1. The third kappa shape index (κ3) is 3.18. The van der Waals surface area contributed by atoms with Gasteiger partial charge in [-0.05, 0) is 25.5 Å². The predicted molar refractivity (Wildman–Crippen MR) is 96.9 cm³/mol. The van der Waals surface area contributed by atoms with Gasteiger partial charge in [0, 0.05) is 12.1 Å². The van der Waals surface area contributed by atoms with Crippen LogP contribution in [0, 0.1) is 6.92 Å². The molecule has 1 nitrogen and oxygen atoms in total. The van der Waals surface area contributed by atoms with Crippen molar-refractivity contribution in [1.29, 1.82) is 0 Å². The van der Waals surface area contributed by atoms with E-state index in [9.17, 15) is 0 Å². The summed E-state index contributed by atoms with van der Waals surface area (Å²) in [6.45, 7) is 5.29. The SMILES string of the molecule is CC[n+]1c(/C=C/C=C/c2ccc(C)cc2)sc2ccccc21. The molecule has 0 radical (unpaired) electrons. The van der Waals surface area contributed by atoms with Crippen LogP contribution >= 0.6 is 11.3 Å². The molecule has 0 fully saturated rings. The molecule has 0 aliphatic carbocycles. The van der Waals surface area contributed by atoms with Gasteiger partial charge in [-0.2, -0.15) is 4.57 Å². The Kier molecular flexibility index (Phi) is 4.50. The fraction of sp³-hybridized carbons (Fsp3) is 0.150. The molecule has 0 atom stereocenters. The normalized spacial score (nSPS) is 11.9. The Labute approximate surface area is 135 Å². The second kappa shape index (κ2) is 6.71. The maximum absolute atomic E-state index is 2.36. The molecule has 22 heavy (non-hydrogen) atoms. The van der Waals surface area contributed by atoms with Crippen LogP contribution in [0.3, 0.4) is 0 Å². The lowest BCUT2D eigenvalue weighted by Crippen LogP contribution is -2.33. The van der Waals surface area contributed by atoms with E-state index in [1.165, 1.54) is 26.4 Å². The molecular weight excluding hydrogens is 286 g/mol. The molecule has 2 aromatic carbocycles. The van der Waals surface area contributed by atoms with E-state index >= 15 is 0 Å². The van der Waals surface area contributed by atoms with Crippen LogP contribution in [0.25, 0.3) is 22.4 Å². The highest BCUT2D eigenvalue weighted by molar-refractivity contribution is 7.18. The molecule has 1 aromatic heterocycles. The van der Waals surface area contributed by atoms with Gasteiger partial charge in [-0.15, -0.1) is 0 Å². The molecule has 110 valence electrons. The van der Waals surface area contributed by atoms with Crippen molar-refractivity contribution in [3.63, 3.8) is 0 Å². The Morgan fingerprint density at radius 3 is 2.45 bits per heavy atom. The van der Waals surface area contributed by atoms with Crippen molar-refractivity contribution >= 4 is 33.7 Å². The summed E-state index contributed by atoms with van der Waals surface area (Å²) in [6.07, 6.45) is 8.56. The second-order valence-corrected chi connectivity index (χ2v) is 6.34. The van der Waals surface area contributed by atoms with Crippen LogP contribution in [-0.2, 0) is 6.54 Å². The van der Waals surface area contributed by atoms with Crippen molar-refractivity contribution in [1.82, 2.24) is 0 Å². The molecule has 0 spiro atoms. The first-order valence-corrected chi connectivity index (χ1v) is 8.42. The van der Waals surface area contributed by atoms with Crippen molar-refractivity contribution < 1.29 is 4.57 Å². The molecule has 0 bridgehead atoms. The number of hydrogen-bond donors (Lipinski definition) is 0. The maximum atomic E-state index is 2.36. The number of fused-ring (bicyclic) bond motifs is 1. The van der Waals surface area contributed by atoms with Crippen LogP contribution < -0.4 is 4.57 Å². The van der Waals surface area contributed by atoms with Crippen LogP contribution in [-0.4, -0.2) is 0 Å². The Hall–Kier alpha value is -2.19. The number of allylic oxidation sites excluding steroid dienone is 2. The van der Waals surface area contributed by atoms with Crippen LogP contribution in [0.5, 0.6) is 0 Å². The lowest BCUT2D eigenvalue weighted by molar-refractivity contribution is -0.665. The van der Waals surface area contributed by atoms with Crippen molar-refractivity contribution in [3.05, 3.63) is 76.8 Å². The van der Waals surface area contributed by atoms with Crippen molar-refractivity contribution in [3.8, 4) is 0 Å². The summed E-state index contributed by atoms with van der Waals surface area (Å²) in [5, 5.41) is 1.29. The van der Waals surface area contributed by atoms with Crippen LogP contribution in [0.1, 0.15) is 23.1 Å². The average molecular weight is 306 g/mol. The van der Waals surface area contributed by atoms with Gasteiger partial charge < -0.3 is 0 Å². The third-order valence-electron chi connectivity index (χ3n) is 3.67. The van der Waals surface area contributed by atoms with Gasteiger partial charge in [-0.3, -0.25) is 0 Å². The van der Waals surface area contributed by atoms with Gasteiger partial charge in [0.05, 0.1) is 0 Å². The first kappa shape index (κ1) is 14.7. The smallest absolute Gasteiger partial charge is 0.182 e. The lowest BCUT2D eigenvalue weighted by Gasteiger charge is -1.93. The fourth-order valence-corrected chi connectivity index (χ4v) is 3.62. The predicted octanol–water partition coefficient (Wildman–Crippen LogP) is 5.24. The lowest BCUT2D eigenvalue weighted by atomic mass is 10.1. The number of hydrogen-bond acceptors (Lipinski definition) is 1. The van der Waals surface area contributed by atoms with Crippen molar-refractivity contribution in [2.75, 3.05) is 0 Å². The van der Waals surface area contributed by atoms with Crippen LogP contribution in [0.2, 0.25) is 0 Å². The van der Waals surface area contributed by atoms with Gasteiger partial charge in [0.15, 0.2) is 0 Å². The number of para-hydroxylation sites is 1. The second-order valence-electron chi connectivity index (χ2n) is 5.28. The zero-order valence-corrected chi connectivity index (χ0v) is 13.8. The molecule has 0 unspecified atom stereocenters. The average Bonchev–Trinajstić information content (AvgIpc) is 2.90. The minimum Gasteiger partial charge on any atom is -0.182 e. The molecule has 3 aromatic rings. The number of thiazole rings is 1. The van der Waals surface area contributed by atoms with E-state index in [2.05, 4.69) is 91.2 Å². The largest absolute Gasteiger partial charge is 0.262 e. The molecule has 0 saturated heterocycles. The number of benzene rings is 2. The van der Waals surface area contributed by atoms with Gasteiger partial charge in [0.1, 0.15) is 11.2 Å². The molecule has 0 aliphatic heterocycles. The van der Waals surface area contributed by atoms with E-state index in [0.29, 0.717) is 0 Å². The summed E-state index contributed by atoms with van der Waals surface area (Å²) < 4.78 is 3.70. The zero-order valence-electron chi connectivity index (χ0n) is 13.0. The highest BCUT2D eigenvalue weighted by Gasteiger charge is 2.15. The fourth-order valence-electron chi connectivity index (χ4n) is 2.49. The summed E-state index contributed by atoms with van der Waals surface area (Å²) in [7, 11) is 0. The van der Waals surface area contributed by atoms with Gasteiger partial charge in [-0.1, -0.05) is 71.5 Å². The quantitative estimate of drug-likeness (QED) is 0.458. The number of aryl methyl sites for hydroxylation is 2. The van der Waals surface area contributed by atoms with Gasteiger partial charge >= 0.3 is 0 Å².